The van der Waals surface area contributed by atoms with Crippen molar-refractivity contribution in [1.29, 1.82) is 0 Å². The van der Waals surface area contributed by atoms with E-state index in [1.807, 2.05) is 19.1 Å². The Morgan fingerprint density at radius 3 is 2.37 bits per heavy atom. The molecule has 172 valence electrons. The van der Waals surface area contributed by atoms with Crippen LogP contribution in [0.15, 0.2) is 100 Å². The van der Waals surface area contributed by atoms with Gasteiger partial charge in [-0.15, -0.1) is 0 Å². The number of halogens is 1. The van der Waals surface area contributed by atoms with E-state index in [1.54, 1.807) is 66.7 Å². The fourth-order valence-electron chi connectivity index (χ4n) is 3.93. The molecule has 0 unspecified atom stereocenters. The molecule has 0 saturated heterocycles. The summed E-state index contributed by atoms with van der Waals surface area (Å²) in [5, 5.41) is 13.7. The molecule has 5 nitrogen and oxygen atoms in total. The zero-order chi connectivity index (χ0) is 24.5. The van der Waals surface area contributed by atoms with E-state index in [2.05, 4.69) is 5.32 Å². The molecule has 35 heavy (non-hydrogen) atoms. The van der Waals surface area contributed by atoms with Crippen molar-refractivity contribution < 1.29 is 18.7 Å². The molecule has 0 atom stereocenters. The van der Waals surface area contributed by atoms with E-state index < -0.39 is 11.2 Å². The van der Waals surface area contributed by atoms with Crippen molar-refractivity contribution in [2.45, 2.75) is 6.92 Å². The van der Waals surface area contributed by atoms with Crippen molar-refractivity contribution in [2.24, 2.45) is 0 Å². The standard InChI is InChI=1S/C29H20FNO4/c1-17-4-2-6-21(14-17)29(34)31-23-7-3-5-20(15-23)28-27(33)26(32)24-13-10-19(16-25(24)35-28)18-8-11-22(30)12-9-18/h2-16,33H,1H3,(H,31,34). The number of hydrogen-bond acceptors (Lipinski definition) is 4. The monoisotopic (exact) mass is 465 g/mol. The maximum Gasteiger partial charge on any atom is 0.255 e. The number of anilines is 1. The topological polar surface area (TPSA) is 79.5 Å². The van der Waals surface area contributed by atoms with Crippen molar-refractivity contribution in [3.63, 3.8) is 0 Å². The van der Waals surface area contributed by atoms with Gasteiger partial charge >= 0.3 is 0 Å². The van der Waals surface area contributed by atoms with Crippen LogP contribution >= 0.6 is 0 Å². The summed E-state index contributed by atoms with van der Waals surface area (Å²) in [4.78, 5) is 25.5. The summed E-state index contributed by atoms with van der Waals surface area (Å²) in [6.45, 7) is 1.91. The zero-order valence-electron chi connectivity index (χ0n) is 18.7. The molecule has 4 aromatic carbocycles. The molecular formula is C29H20FNO4. The number of benzene rings is 4. The highest BCUT2D eigenvalue weighted by Gasteiger charge is 2.17. The van der Waals surface area contributed by atoms with Gasteiger partial charge in [0.25, 0.3) is 5.91 Å². The molecule has 6 heteroatoms. The highest BCUT2D eigenvalue weighted by molar-refractivity contribution is 6.04. The fraction of sp³-hybridized carbons (Fsp3) is 0.0345. The Kier molecular flexibility index (Phi) is 5.63. The third kappa shape index (κ3) is 4.42. The van der Waals surface area contributed by atoms with Crippen molar-refractivity contribution in [1.82, 2.24) is 0 Å². The molecular weight excluding hydrogens is 445 g/mol. The van der Waals surface area contributed by atoms with Gasteiger partial charge in [-0.05, 0) is 66.6 Å². The number of rotatable bonds is 4. The molecule has 2 N–H and O–H groups in total. The highest BCUT2D eigenvalue weighted by Crippen LogP contribution is 2.33. The van der Waals surface area contributed by atoms with Crippen LogP contribution in [0.2, 0.25) is 0 Å². The number of aryl methyl sites for hydroxylation is 1. The minimum Gasteiger partial charge on any atom is -0.502 e. The van der Waals surface area contributed by atoms with Crippen molar-refractivity contribution in [2.75, 3.05) is 5.32 Å². The quantitative estimate of drug-likeness (QED) is 0.316. The third-order valence-corrected chi connectivity index (χ3v) is 5.71. The van der Waals surface area contributed by atoms with Crippen LogP contribution in [0.4, 0.5) is 10.1 Å². The molecule has 5 aromatic rings. The Morgan fingerprint density at radius 1 is 0.857 bits per heavy atom. The van der Waals surface area contributed by atoms with E-state index in [4.69, 9.17) is 4.42 Å². The van der Waals surface area contributed by atoms with Gasteiger partial charge < -0.3 is 14.8 Å². The summed E-state index contributed by atoms with van der Waals surface area (Å²) in [7, 11) is 0. The summed E-state index contributed by atoms with van der Waals surface area (Å²) >= 11 is 0. The molecule has 0 aliphatic rings. The number of hydrogen-bond donors (Lipinski definition) is 2. The third-order valence-electron chi connectivity index (χ3n) is 5.71. The SMILES string of the molecule is Cc1cccc(C(=O)Nc2cccc(-c3oc4cc(-c5ccc(F)cc5)ccc4c(=O)c3O)c2)c1. The van der Waals surface area contributed by atoms with E-state index in [0.717, 1.165) is 16.7 Å². The predicted octanol–water partition coefficient (Wildman–Crippen LogP) is 6.53. The van der Waals surface area contributed by atoms with E-state index in [0.29, 0.717) is 16.8 Å². The Bertz CT molecular complexity index is 1640. The van der Waals surface area contributed by atoms with E-state index in [-0.39, 0.29) is 28.5 Å². The summed E-state index contributed by atoms with van der Waals surface area (Å²) < 4.78 is 19.3. The molecule has 0 aliphatic heterocycles. The Morgan fingerprint density at radius 2 is 1.60 bits per heavy atom. The first-order valence-corrected chi connectivity index (χ1v) is 10.9. The lowest BCUT2D eigenvalue weighted by molar-refractivity contribution is 0.102. The summed E-state index contributed by atoms with van der Waals surface area (Å²) in [5.41, 5.74) is 3.59. The molecule has 1 heterocycles. The van der Waals surface area contributed by atoms with Gasteiger partial charge in [0, 0.05) is 16.8 Å². The second-order valence-electron chi connectivity index (χ2n) is 8.23. The van der Waals surface area contributed by atoms with Gasteiger partial charge in [0.15, 0.2) is 5.76 Å². The predicted molar refractivity (Wildman–Crippen MR) is 134 cm³/mol. The van der Waals surface area contributed by atoms with Crippen LogP contribution < -0.4 is 10.7 Å². The van der Waals surface area contributed by atoms with E-state index >= 15 is 0 Å². The lowest BCUT2D eigenvalue weighted by Crippen LogP contribution is -2.12. The van der Waals surface area contributed by atoms with Crippen LogP contribution in [0.1, 0.15) is 15.9 Å². The van der Waals surface area contributed by atoms with Crippen molar-refractivity contribution >= 4 is 22.6 Å². The summed E-state index contributed by atoms with van der Waals surface area (Å²) in [6, 6.07) is 24.9. The zero-order valence-corrected chi connectivity index (χ0v) is 18.7. The van der Waals surface area contributed by atoms with Gasteiger partial charge in [-0.2, -0.15) is 0 Å². The average Bonchev–Trinajstić information content (AvgIpc) is 2.86. The fourth-order valence-corrected chi connectivity index (χ4v) is 3.93. The maximum absolute atomic E-state index is 13.3. The minimum atomic E-state index is -0.568. The molecule has 0 bridgehead atoms. The Labute approximate surface area is 200 Å². The molecule has 1 aromatic heterocycles. The molecule has 0 fully saturated rings. The minimum absolute atomic E-state index is 0.00888. The number of amides is 1. The van der Waals surface area contributed by atoms with Crippen molar-refractivity contribution in [3.8, 4) is 28.2 Å². The van der Waals surface area contributed by atoms with Crippen LogP contribution in [-0.4, -0.2) is 11.0 Å². The maximum atomic E-state index is 13.3. The Balaban J connectivity index is 1.53. The molecule has 0 radical (unpaired) electrons. The van der Waals surface area contributed by atoms with Gasteiger partial charge in [-0.1, -0.05) is 48.0 Å². The van der Waals surface area contributed by atoms with E-state index in [1.165, 1.54) is 12.1 Å². The molecule has 5 rings (SSSR count). The number of carbonyl (C=O) groups is 1. The number of carbonyl (C=O) groups excluding carboxylic acids is 1. The van der Waals surface area contributed by atoms with E-state index in [9.17, 15) is 19.1 Å². The molecule has 0 aliphatic carbocycles. The lowest BCUT2D eigenvalue weighted by atomic mass is 10.0. The van der Waals surface area contributed by atoms with Gasteiger partial charge in [-0.25, -0.2) is 4.39 Å². The van der Waals surface area contributed by atoms with Crippen molar-refractivity contribution in [3.05, 3.63) is 118 Å². The van der Waals surface area contributed by atoms with Crippen LogP contribution in [0.3, 0.4) is 0 Å². The molecule has 1 amide bonds. The highest BCUT2D eigenvalue weighted by atomic mass is 19.1. The van der Waals surface area contributed by atoms with Gasteiger partial charge in [0.1, 0.15) is 11.4 Å². The second kappa shape index (κ2) is 8.91. The van der Waals surface area contributed by atoms with Crippen LogP contribution in [-0.2, 0) is 0 Å². The average molecular weight is 465 g/mol. The number of nitrogens with one attached hydrogen (secondary N) is 1. The normalized spacial score (nSPS) is 10.9. The number of fused-ring (bicyclic) bond motifs is 1. The second-order valence-corrected chi connectivity index (χ2v) is 8.23. The lowest BCUT2D eigenvalue weighted by Gasteiger charge is -2.10. The van der Waals surface area contributed by atoms with Gasteiger partial charge in [-0.3, -0.25) is 9.59 Å². The number of aromatic hydroxyl groups is 1. The van der Waals surface area contributed by atoms with Crippen LogP contribution in [0.5, 0.6) is 5.75 Å². The molecule has 0 spiro atoms. The van der Waals surface area contributed by atoms with Crippen LogP contribution in [0.25, 0.3) is 33.4 Å². The first kappa shape index (κ1) is 22.1. The summed E-state index contributed by atoms with van der Waals surface area (Å²) in [6.07, 6.45) is 0. The van der Waals surface area contributed by atoms with Gasteiger partial charge in [0.2, 0.25) is 11.2 Å². The van der Waals surface area contributed by atoms with Crippen LogP contribution in [0, 0.1) is 12.7 Å². The first-order chi connectivity index (χ1) is 16.9. The molecule has 0 saturated carbocycles. The summed E-state index contributed by atoms with van der Waals surface area (Å²) in [5.74, 6) is -1.15. The Hall–Kier alpha value is -4.71. The first-order valence-electron chi connectivity index (χ1n) is 10.9. The smallest absolute Gasteiger partial charge is 0.255 e. The van der Waals surface area contributed by atoms with Gasteiger partial charge in [0.05, 0.1) is 5.39 Å². The largest absolute Gasteiger partial charge is 0.502 e.